The number of phosphoric acid groups is 1. The van der Waals surface area contributed by atoms with E-state index in [0.717, 1.165) is 64.2 Å². The number of carbonyl (C=O) groups excluding carboxylic acids is 2. The number of carbonyl (C=O) groups is 2. The van der Waals surface area contributed by atoms with Crippen LogP contribution in [0.1, 0.15) is 380 Å². The Morgan fingerprint density at radius 3 is 1.08 bits per heavy atom. The number of ether oxygens (including phenoxy) is 1. The first-order valence-electron chi connectivity index (χ1n) is 37.3. The van der Waals surface area contributed by atoms with Gasteiger partial charge in [0, 0.05) is 12.8 Å². The van der Waals surface area contributed by atoms with Crippen LogP contribution in [0.3, 0.4) is 0 Å². The van der Waals surface area contributed by atoms with E-state index in [1.807, 2.05) is 33.3 Å². The normalized spacial score (nSPS) is 13.6. The summed E-state index contributed by atoms with van der Waals surface area (Å²) >= 11 is 0. The van der Waals surface area contributed by atoms with Gasteiger partial charge in [0.05, 0.1) is 33.8 Å². The second-order valence-electron chi connectivity index (χ2n) is 26.8. The van der Waals surface area contributed by atoms with E-state index in [-0.39, 0.29) is 25.1 Å². The SMILES string of the molecule is CCCCC/C=C\C/C=C\CCCCCCCCCCCCCCCC(=O)OC(/C=C/CCCCCCCCCCC)C(COP(=O)(O)OCC[N+](C)(C)C)NC(=O)CCCCCCCCCCCCCCCCCCCCCCCCCCC. The lowest BCUT2D eigenvalue weighted by atomic mass is 10.0. The van der Waals surface area contributed by atoms with Crippen molar-refractivity contribution in [2.45, 2.75) is 392 Å². The molecule has 9 nitrogen and oxygen atoms in total. The smallest absolute Gasteiger partial charge is 0.456 e. The van der Waals surface area contributed by atoms with E-state index in [1.54, 1.807) is 0 Å². The van der Waals surface area contributed by atoms with Crippen LogP contribution >= 0.6 is 7.82 Å². The van der Waals surface area contributed by atoms with E-state index in [0.29, 0.717) is 23.9 Å². The molecule has 0 aromatic heterocycles. The Hall–Kier alpha value is -1.77. The maximum atomic E-state index is 13.6. The third-order valence-corrected chi connectivity index (χ3v) is 18.1. The molecule has 0 fully saturated rings. The molecule has 3 unspecified atom stereocenters. The van der Waals surface area contributed by atoms with Crippen LogP contribution in [0.4, 0.5) is 0 Å². The van der Waals surface area contributed by atoms with Gasteiger partial charge in [-0.05, 0) is 63.9 Å². The van der Waals surface area contributed by atoms with Gasteiger partial charge in [-0.1, -0.05) is 340 Å². The molecule has 0 saturated heterocycles. The molecule has 0 aliphatic carbocycles. The van der Waals surface area contributed by atoms with E-state index in [1.165, 1.54) is 283 Å². The highest BCUT2D eigenvalue weighted by molar-refractivity contribution is 7.47. The van der Waals surface area contributed by atoms with Crippen molar-refractivity contribution in [2.75, 3.05) is 40.9 Å². The van der Waals surface area contributed by atoms with Crippen LogP contribution in [-0.2, 0) is 27.9 Å². The second-order valence-corrected chi connectivity index (χ2v) is 28.3. The lowest BCUT2D eigenvalue weighted by Crippen LogP contribution is -2.47. The summed E-state index contributed by atoms with van der Waals surface area (Å²) in [4.78, 5) is 37.9. The van der Waals surface area contributed by atoms with E-state index < -0.39 is 20.0 Å². The number of hydrogen-bond acceptors (Lipinski definition) is 6. The third kappa shape index (κ3) is 66.5. The zero-order valence-corrected chi connectivity index (χ0v) is 58.5. The predicted molar refractivity (Wildman–Crippen MR) is 369 cm³/mol. The number of nitrogens with one attached hydrogen (secondary N) is 1. The first kappa shape index (κ1) is 83.2. The Labute approximate surface area is 529 Å². The Kier molecular flexibility index (Phi) is 63.8. The molecule has 0 bridgehead atoms. The fourth-order valence-corrected chi connectivity index (χ4v) is 12.1. The van der Waals surface area contributed by atoms with E-state index in [9.17, 15) is 19.0 Å². The number of nitrogens with zero attached hydrogens (tertiary/aromatic N) is 1. The highest BCUT2D eigenvalue weighted by atomic mass is 31.2. The minimum Gasteiger partial charge on any atom is -0.456 e. The number of likely N-dealkylation sites (N-methyl/N-ethyl adjacent to an activating group) is 1. The van der Waals surface area contributed by atoms with Gasteiger partial charge in [-0.2, -0.15) is 0 Å². The van der Waals surface area contributed by atoms with Gasteiger partial charge in [0.15, 0.2) is 0 Å². The molecule has 0 aromatic rings. The Morgan fingerprint density at radius 1 is 0.412 bits per heavy atom. The highest BCUT2D eigenvalue weighted by Gasteiger charge is 2.30. The monoisotopic (exact) mass is 1220 g/mol. The molecular formula is C75H146N2O7P+. The molecule has 0 heterocycles. The Bertz CT molecular complexity index is 1550. The number of hydrogen-bond donors (Lipinski definition) is 2. The summed E-state index contributed by atoms with van der Waals surface area (Å²) < 4.78 is 30.9. The molecule has 0 aliphatic heterocycles. The number of unbranched alkanes of at least 4 members (excludes halogenated alkanes) is 49. The molecule has 0 aromatic carbocycles. The summed E-state index contributed by atoms with van der Waals surface area (Å²) in [6, 6.07) is -0.845. The van der Waals surface area contributed by atoms with Gasteiger partial charge in [-0.25, -0.2) is 4.57 Å². The lowest BCUT2D eigenvalue weighted by Gasteiger charge is -2.27. The van der Waals surface area contributed by atoms with Gasteiger partial charge in [0.25, 0.3) is 0 Å². The van der Waals surface area contributed by atoms with Crippen LogP contribution in [-0.4, -0.2) is 74.3 Å². The molecule has 2 N–H and O–H groups in total. The van der Waals surface area contributed by atoms with Crippen molar-refractivity contribution in [3.8, 4) is 0 Å². The standard InChI is InChI=1S/C75H145N2O7P/c1-7-10-13-16-19-22-25-27-29-31-33-35-37-38-40-41-43-45-47-49-52-55-58-61-64-67-74(78)76-72(71-83-85(80,81)82-70-69-77(4,5)6)73(66-63-60-57-54-51-24-21-18-15-12-9-3)84-75(79)68-65-62-59-56-53-50-48-46-44-42-39-36-34-32-30-28-26-23-20-17-14-11-8-2/h20,23,28,30,63,66,72-73H,7-19,21-22,24-27,29,31-62,64-65,67-71H2,1-6H3,(H-,76,78,80,81)/p+1/b23-20-,30-28-,66-63+. The second kappa shape index (κ2) is 65.2. The molecule has 0 rings (SSSR count). The molecular weight excluding hydrogens is 1070 g/mol. The molecule has 3 atom stereocenters. The molecule has 0 radical (unpaired) electrons. The van der Waals surface area contributed by atoms with Gasteiger partial charge in [0.2, 0.25) is 5.91 Å². The lowest BCUT2D eigenvalue weighted by molar-refractivity contribution is -0.870. The summed E-state index contributed by atoms with van der Waals surface area (Å²) in [6.07, 6.45) is 81.7. The fraction of sp³-hybridized carbons (Fsp3) is 0.893. The zero-order valence-electron chi connectivity index (χ0n) is 57.6. The van der Waals surface area contributed by atoms with Gasteiger partial charge in [-0.15, -0.1) is 0 Å². The molecule has 0 saturated carbocycles. The first-order valence-corrected chi connectivity index (χ1v) is 38.8. The van der Waals surface area contributed by atoms with Crippen LogP contribution in [0.25, 0.3) is 0 Å². The van der Waals surface area contributed by atoms with Crippen molar-refractivity contribution in [1.82, 2.24) is 5.32 Å². The minimum atomic E-state index is -4.45. The van der Waals surface area contributed by atoms with E-state index in [4.69, 9.17) is 13.8 Å². The number of quaternary nitrogens is 1. The highest BCUT2D eigenvalue weighted by Crippen LogP contribution is 2.43. The minimum absolute atomic E-state index is 0.0434. The summed E-state index contributed by atoms with van der Waals surface area (Å²) in [6.45, 7) is 7.05. The van der Waals surface area contributed by atoms with Crippen LogP contribution in [0.5, 0.6) is 0 Å². The van der Waals surface area contributed by atoms with Crippen molar-refractivity contribution in [3.05, 3.63) is 36.5 Å². The van der Waals surface area contributed by atoms with Crippen LogP contribution < -0.4 is 5.32 Å². The fourth-order valence-electron chi connectivity index (χ4n) is 11.3. The Balaban J connectivity index is 4.93. The first-order chi connectivity index (χ1) is 41.4. The van der Waals surface area contributed by atoms with Gasteiger partial charge < -0.3 is 19.4 Å². The average Bonchev–Trinajstić information content (AvgIpc) is 3.62. The van der Waals surface area contributed by atoms with Crippen molar-refractivity contribution < 1.29 is 37.3 Å². The summed E-state index contributed by atoms with van der Waals surface area (Å²) in [5.74, 6) is -0.484. The molecule has 502 valence electrons. The Morgan fingerprint density at radius 2 is 0.718 bits per heavy atom. The maximum absolute atomic E-state index is 13.6. The summed E-state index contributed by atoms with van der Waals surface area (Å²) in [5, 5.41) is 3.08. The van der Waals surface area contributed by atoms with Gasteiger partial charge in [0.1, 0.15) is 19.3 Å². The number of phosphoric ester groups is 1. The van der Waals surface area contributed by atoms with Crippen molar-refractivity contribution in [1.29, 1.82) is 0 Å². The van der Waals surface area contributed by atoms with Crippen molar-refractivity contribution in [2.24, 2.45) is 0 Å². The van der Waals surface area contributed by atoms with Crippen molar-refractivity contribution >= 4 is 19.7 Å². The molecule has 0 spiro atoms. The molecule has 1 amide bonds. The summed E-state index contributed by atoms with van der Waals surface area (Å²) in [5.41, 5.74) is 0. The van der Waals surface area contributed by atoms with Gasteiger partial charge in [-0.3, -0.25) is 18.6 Å². The topological polar surface area (TPSA) is 111 Å². The quantitative estimate of drug-likeness (QED) is 0.0205. The zero-order chi connectivity index (χ0) is 62.1. The summed E-state index contributed by atoms with van der Waals surface area (Å²) in [7, 11) is 1.52. The molecule has 85 heavy (non-hydrogen) atoms. The van der Waals surface area contributed by atoms with Crippen LogP contribution in [0.2, 0.25) is 0 Å². The average molecular weight is 1220 g/mol. The van der Waals surface area contributed by atoms with Crippen molar-refractivity contribution in [3.63, 3.8) is 0 Å². The number of allylic oxidation sites excluding steroid dienone is 5. The van der Waals surface area contributed by atoms with Gasteiger partial charge >= 0.3 is 13.8 Å². The number of esters is 1. The number of amides is 1. The largest absolute Gasteiger partial charge is 0.472 e. The predicted octanol–water partition coefficient (Wildman–Crippen LogP) is 23.8. The molecule has 10 heteroatoms. The third-order valence-electron chi connectivity index (χ3n) is 17.1. The maximum Gasteiger partial charge on any atom is 0.472 e. The van der Waals surface area contributed by atoms with Crippen LogP contribution in [0.15, 0.2) is 36.5 Å². The molecule has 0 aliphatic rings. The van der Waals surface area contributed by atoms with Crippen LogP contribution in [0, 0.1) is 0 Å². The number of rotatable bonds is 69. The van der Waals surface area contributed by atoms with E-state index >= 15 is 0 Å². The van der Waals surface area contributed by atoms with E-state index in [2.05, 4.69) is 50.4 Å².